The molecule has 3 N–H and O–H groups in total. The fourth-order valence-electron chi connectivity index (χ4n) is 3.22. The first-order valence-corrected chi connectivity index (χ1v) is 7.66. The standard InChI is InChI=1S/C16H27N3/c1-3-12-5-7-14(9-12)16(19-17)10-15-8-6-13(4-2)11-18-15/h6,8,11-12,14,16,19H,3-5,7,9-10,17H2,1-2H3. The highest BCUT2D eigenvalue weighted by molar-refractivity contribution is 5.15. The first-order chi connectivity index (χ1) is 9.26. The molecule has 0 spiro atoms. The second-order valence-corrected chi connectivity index (χ2v) is 5.84. The van der Waals surface area contributed by atoms with Gasteiger partial charge >= 0.3 is 0 Å². The van der Waals surface area contributed by atoms with Crippen LogP contribution in [0.5, 0.6) is 0 Å². The van der Waals surface area contributed by atoms with Gasteiger partial charge in [-0.2, -0.15) is 0 Å². The Morgan fingerprint density at radius 1 is 1.37 bits per heavy atom. The monoisotopic (exact) mass is 261 g/mol. The molecule has 1 aromatic rings. The second kappa shape index (κ2) is 7.01. The van der Waals surface area contributed by atoms with Crippen molar-refractivity contribution in [2.45, 2.75) is 58.4 Å². The Morgan fingerprint density at radius 3 is 2.74 bits per heavy atom. The summed E-state index contributed by atoms with van der Waals surface area (Å²) in [6.07, 6.45) is 9.28. The number of hydrazine groups is 1. The van der Waals surface area contributed by atoms with Crippen molar-refractivity contribution in [1.82, 2.24) is 10.4 Å². The van der Waals surface area contributed by atoms with Gasteiger partial charge in [-0.3, -0.25) is 16.3 Å². The van der Waals surface area contributed by atoms with Gasteiger partial charge in [-0.15, -0.1) is 0 Å². The molecule has 0 aromatic carbocycles. The maximum Gasteiger partial charge on any atom is 0.0419 e. The lowest BCUT2D eigenvalue weighted by atomic mass is 9.92. The normalized spacial score (nSPS) is 24.6. The highest BCUT2D eigenvalue weighted by Gasteiger charge is 2.29. The van der Waals surface area contributed by atoms with Crippen LogP contribution in [0.3, 0.4) is 0 Å². The Hall–Kier alpha value is -0.930. The summed E-state index contributed by atoms with van der Waals surface area (Å²) in [5.74, 6) is 7.38. The number of hydrogen-bond acceptors (Lipinski definition) is 3. The van der Waals surface area contributed by atoms with E-state index in [1.54, 1.807) is 0 Å². The number of rotatable bonds is 6. The van der Waals surface area contributed by atoms with Crippen molar-refractivity contribution in [3.05, 3.63) is 29.6 Å². The van der Waals surface area contributed by atoms with Crippen molar-refractivity contribution in [2.24, 2.45) is 17.7 Å². The molecule has 1 saturated carbocycles. The van der Waals surface area contributed by atoms with E-state index in [0.717, 1.165) is 24.5 Å². The van der Waals surface area contributed by atoms with E-state index in [1.165, 1.54) is 31.2 Å². The zero-order valence-corrected chi connectivity index (χ0v) is 12.2. The van der Waals surface area contributed by atoms with Crippen molar-refractivity contribution >= 4 is 0 Å². The lowest BCUT2D eigenvalue weighted by Gasteiger charge is -2.22. The molecule has 0 aliphatic heterocycles. The van der Waals surface area contributed by atoms with Crippen LogP contribution in [-0.4, -0.2) is 11.0 Å². The summed E-state index contributed by atoms with van der Waals surface area (Å²) < 4.78 is 0. The smallest absolute Gasteiger partial charge is 0.0419 e. The summed E-state index contributed by atoms with van der Waals surface area (Å²) in [6, 6.07) is 4.70. The summed E-state index contributed by atoms with van der Waals surface area (Å²) in [7, 11) is 0. The molecule has 3 heteroatoms. The second-order valence-electron chi connectivity index (χ2n) is 5.84. The van der Waals surface area contributed by atoms with Crippen molar-refractivity contribution in [2.75, 3.05) is 0 Å². The van der Waals surface area contributed by atoms with E-state index in [0.29, 0.717) is 12.0 Å². The summed E-state index contributed by atoms with van der Waals surface area (Å²) in [6.45, 7) is 4.45. The zero-order chi connectivity index (χ0) is 13.7. The number of nitrogens with zero attached hydrogens (tertiary/aromatic N) is 1. The molecule has 0 saturated heterocycles. The Morgan fingerprint density at radius 2 is 2.21 bits per heavy atom. The highest BCUT2D eigenvalue weighted by atomic mass is 15.2. The van der Waals surface area contributed by atoms with Crippen molar-refractivity contribution < 1.29 is 0 Å². The number of aromatic nitrogens is 1. The molecule has 2 rings (SSSR count). The SMILES string of the molecule is CCc1ccc(CC(NN)C2CCC(CC)C2)nc1. The lowest BCUT2D eigenvalue weighted by molar-refractivity contribution is 0.346. The summed E-state index contributed by atoms with van der Waals surface area (Å²) in [5.41, 5.74) is 5.48. The van der Waals surface area contributed by atoms with Gasteiger partial charge < -0.3 is 0 Å². The number of aryl methyl sites for hydroxylation is 1. The third-order valence-corrected chi connectivity index (χ3v) is 4.67. The maximum absolute atomic E-state index is 5.77. The van der Waals surface area contributed by atoms with Gasteiger partial charge in [0.1, 0.15) is 0 Å². The molecule has 3 atom stereocenters. The molecule has 1 aromatic heterocycles. The van der Waals surface area contributed by atoms with E-state index in [2.05, 4.69) is 36.4 Å². The van der Waals surface area contributed by atoms with Gasteiger partial charge in [0.2, 0.25) is 0 Å². The third-order valence-electron chi connectivity index (χ3n) is 4.67. The number of nitrogens with two attached hydrogens (primary N) is 1. The predicted octanol–water partition coefficient (Wildman–Crippen LogP) is 2.84. The fourth-order valence-corrected chi connectivity index (χ4v) is 3.22. The highest BCUT2D eigenvalue weighted by Crippen LogP contribution is 2.35. The van der Waals surface area contributed by atoms with E-state index in [9.17, 15) is 0 Å². The van der Waals surface area contributed by atoms with E-state index in [-0.39, 0.29) is 0 Å². The molecular formula is C16H27N3. The maximum atomic E-state index is 5.77. The van der Waals surface area contributed by atoms with Gasteiger partial charge in [-0.05, 0) is 42.7 Å². The van der Waals surface area contributed by atoms with Crippen LogP contribution in [-0.2, 0) is 12.8 Å². The lowest BCUT2D eigenvalue weighted by Crippen LogP contribution is -2.42. The molecule has 0 radical (unpaired) electrons. The molecule has 1 aliphatic rings. The molecular weight excluding hydrogens is 234 g/mol. The third kappa shape index (κ3) is 3.77. The Balaban J connectivity index is 1.94. The Bertz CT molecular complexity index is 374. The van der Waals surface area contributed by atoms with Gasteiger partial charge in [-0.25, -0.2) is 0 Å². The van der Waals surface area contributed by atoms with Gasteiger partial charge in [0, 0.05) is 24.4 Å². The fraction of sp³-hybridized carbons (Fsp3) is 0.688. The molecule has 19 heavy (non-hydrogen) atoms. The van der Waals surface area contributed by atoms with Crippen LogP contribution in [0.2, 0.25) is 0 Å². The molecule has 106 valence electrons. The molecule has 1 fully saturated rings. The quantitative estimate of drug-likeness (QED) is 0.611. The van der Waals surface area contributed by atoms with Crippen LogP contribution >= 0.6 is 0 Å². The van der Waals surface area contributed by atoms with Gasteiger partial charge in [-0.1, -0.05) is 32.8 Å². The first-order valence-electron chi connectivity index (χ1n) is 7.66. The van der Waals surface area contributed by atoms with Crippen molar-refractivity contribution in [3.63, 3.8) is 0 Å². The molecule has 1 heterocycles. The van der Waals surface area contributed by atoms with Gasteiger partial charge in [0.25, 0.3) is 0 Å². The molecule has 1 aliphatic carbocycles. The summed E-state index contributed by atoms with van der Waals surface area (Å²) in [4.78, 5) is 4.55. The topological polar surface area (TPSA) is 50.9 Å². The van der Waals surface area contributed by atoms with Crippen LogP contribution in [0.1, 0.15) is 50.8 Å². The minimum Gasteiger partial charge on any atom is -0.271 e. The Labute approximate surface area is 117 Å². The predicted molar refractivity (Wildman–Crippen MR) is 79.6 cm³/mol. The largest absolute Gasteiger partial charge is 0.271 e. The van der Waals surface area contributed by atoms with Gasteiger partial charge in [0.05, 0.1) is 0 Å². The number of nitrogens with one attached hydrogen (secondary N) is 1. The minimum absolute atomic E-state index is 0.372. The number of hydrogen-bond donors (Lipinski definition) is 2. The van der Waals surface area contributed by atoms with Crippen LogP contribution in [0.25, 0.3) is 0 Å². The van der Waals surface area contributed by atoms with E-state index >= 15 is 0 Å². The Kier molecular flexibility index (Phi) is 5.34. The van der Waals surface area contributed by atoms with E-state index < -0.39 is 0 Å². The molecule has 0 bridgehead atoms. The average molecular weight is 261 g/mol. The van der Waals surface area contributed by atoms with Crippen LogP contribution in [0, 0.1) is 11.8 Å². The van der Waals surface area contributed by atoms with Crippen LogP contribution in [0.15, 0.2) is 18.3 Å². The molecule has 3 nitrogen and oxygen atoms in total. The van der Waals surface area contributed by atoms with Crippen LogP contribution < -0.4 is 11.3 Å². The average Bonchev–Trinajstić information content (AvgIpc) is 2.94. The molecule has 0 amide bonds. The summed E-state index contributed by atoms with van der Waals surface area (Å²) in [5, 5.41) is 0. The van der Waals surface area contributed by atoms with E-state index in [1.807, 2.05) is 6.20 Å². The first kappa shape index (κ1) is 14.5. The van der Waals surface area contributed by atoms with E-state index in [4.69, 9.17) is 5.84 Å². The zero-order valence-electron chi connectivity index (χ0n) is 12.2. The molecule has 3 unspecified atom stereocenters. The van der Waals surface area contributed by atoms with Gasteiger partial charge in [0.15, 0.2) is 0 Å². The summed E-state index contributed by atoms with van der Waals surface area (Å²) >= 11 is 0. The number of pyridine rings is 1. The minimum atomic E-state index is 0.372. The van der Waals surface area contributed by atoms with Crippen molar-refractivity contribution in [3.8, 4) is 0 Å². The van der Waals surface area contributed by atoms with Crippen molar-refractivity contribution in [1.29, 1.82) is 0 Å². The van der Waals surface area contributed by atoms with Crippen LogP contribution in [0.4, 0.5) is 0 Å².